The van der Waals surface area contributed by atoms with Crippen molar-refractivity contribution in [2.75, 3.05) is 40.6 Å². The Morgan fingerprint density at radius 3 is 2.05 bits per heavy atom. The van der Waals surface area contributed by atoms with Gasteiger partial charge in [0.1, 0.15) is 6.04 Å². The third-order valence-electron chi connectivity index (χ3n) is 12.3. The van der Waals surface area contributed by atoms with Gasteiger partial charge in [-0.1, -0.05) is 97.4 Å². The summed E-state index contributed by atoms with van der Waals surface area (Å²) < 4.78 is 12.0. The average molecular weight is 823 g/mol. The van der Waals surface area contributed by atoms with Crippen molar-refractivity contribution in [2.45, 2.75) is 136 Å². The van der Waals surface area contributed by atoms with Crippen LogP contribution in [0.2, 0.25) is 0 Å². The topological polar surface area (TPSA) is 167 Å². The number of carbonyl (C=O) groups excluding carboxylic acids is 4. The molecule has 0 bridgehead atoms. The van der Waals surface area contributed by atoms with Gasteiger partial charge >= 0.3 is 0 Å². The van der Waals surface area contributed by atoms with Crippen LogP contribution in [-0.2, 0) is 35.2 Å². The van der Waals surface area contributed by atoms with E-state index in [4.69, 9.17) is 15.2 Å². The Kier molecular flexibility index (Phi) is 19.3. The maximum Gasteiger partial charge on any atom is 0.245 e. The molecule has 3 rings (SSSR count). The molecule has 2 aromatic carbocycles. The average Bonchev–Trinajstić information content (AvgIpc) is 3.69. The number of anilines is 1. The van der Waals surface area contributed by atoms with Crippen LogP contribution in [0.5, 0.6) is 0 Å². The second-order valence-electron chi connectivity index (χ2n) is 17.3. The molecule has 330 valence electrons. The van der Waals surface area contributed by atoms with Crippen molar-refractivity contribution in [2.24, 2.45) is 23.7 Å². The number of methoxy groups -OCH3 is 2. The van der Waals surface area contributed by atoms with E-state index < -0.39 is 48.4 Å². The summed E-state index contributed by atoms with van der Waals surface area (Å²) in [6, 6.07) is 14.1. The minimum atomic E-state index is -0.885. The Bertz CT molecular complexity index is 1630. The summed E-state index contributed by atoms with van der Waals surface area (Å²) in [5.74, 6) is -1.81. The molecule has 0 aromatic heterocycles. The summed E-state index contributed by atoms with van der Waals surface area (Å²) in [6.45, 7) is 16.5. The fraction of sp³-hybridized carbons (Fsp3) is 0.652. The maximum atomic E-state index is 14.5. The van der Waals surface area contributed by atoms with Crippen molar-refractivity contribution < 1.29 is 33.8 Å². The van der Waals surface area contributed by atoms with Crippen LogP contribution in [-0.4, -0.2) is 121 Å². The van der Waals surface area contributed by atoms with Crippen molar-refractivity contribution in [3.05, 3.63) is 65.7 Å². The number of rotatable bonds is 22. The minimum Gasteiger partial charge on any atom is -0.399 e. The van der Waals surface area contributed by atoms with E-state index in [1.807, 2.05) is 108 Å². The van der Waals surface area contributed by atoms with Crippen LogP contribution in [0, 0.1) is 23.7 Å². The number of amides is 4. The molecule has 2 aromatic rings. The molecule has 1 saturated heterocycles. The SMILES string of the molecule is CCC(C)C(C(CC(=O)N1CCC[C@H]1C(OC)C(C)C(=O)NC(C)C(O)c1ccccc1)OC)N(C)C(=O)C(NC(=O)C(C(C)C)N(C)Cc1ccc(N)cc1)C(C)C. The molecule has 13 nitrogen and oxygen atoms in total. The quantitative estimate of drug-likeness (QED) is 0.119. The van der Waals surface area contributed by atoms with Crippen molar-refractivity contribution in [3.8, 4) is 0 Å². The standard InChI is InChI=1S/C46H74N6O7/c1-13-30(6)41(51(10)46(57)39(28(2)3)49-45(56)40(29(4)5)50(9)27-33-21-23-35(47)24-22-33)37(58-11)26-38(53)52-25-17-20-36(52)43(59-12)31(7)44(55)48-32(8)42(54)34-18-15-14-16-19-34/h14-16,18-19,21-24,28-32,36-37,39-43,54H,13,17,20,25-27,47H2,1-12H3,(H,48,55)(H,49,56)/t30?,31?,32?,36-,37?,39?,40?,41?,42?,43?/m0/s1. The molecule has 4 amide bonds. The highest BCUT2D eigenvalue weighted by Gasteiger charge is 2.43. The number of carbonyl (C=O) groups is 4. The molecule has 0 aliphatic carbocycles. The number of hydrogen-bond donors (Lipinski definition) is 4. The summed E-state index contributed by atoms with van der Waals surface area (Å²) in [5, 5.41) is 16.9. The van der Waals surface area contributed by atoms with Crippen molar-refractivity contribution in [1.82, 2.24) is 25.3 Å². The highest BCUT2D eigenvalue weighted by Crippen LogP contribution is 2.30. The van der Waals surface area contributed by atoms with E-state index in [9.17, 15) is 24.3 Å². The molecule has 59 heavy (non-hydrogen) atoms. The van der Waals surface area contributed by atoms with E-state index in [0.717, 1.165) is 18.4 Å². The van der Waals surface area contributed by atoms with Gasteiger partial charge in [-0.3, -0.25) is 24.1 Å². The first-order valence-corrected chi connectivity index (χ1v) is 21.4. The zero-order chi connectivity index (χ0) is 44.1. The highest BCUT2D eigenvalue weighted by atomic mass is 16.5. The number of likely N-dealkylation sites (tertiary alicyclic amines) is 1. The van der Waals surface area contributed by atoms with Crippen molar-refractivity contribution >= 4 is 29.3 Å². The molecule has 1 heterocycles. The first-order chi connectivity index (χ1) is 27.9. The van der Waals surface area contributed by atoms with Crippen LogP contribution in [0.4, 0.5) is 5.69 Å². The second kappa shape index (κ2) is 23.1. The number of aliphatic hydroxyl groups is 1. The van der Waals surface area contributed by atoms with Crippen LogP contribution in [0.25, 0.3) is 0 Å². The van der Waals surface area contributed by atoms with E-state index in [1.54, 1.807) is 44.9 Å². The number of ether oxygens (including phenoxy) is 2. The second-order valence-corrected chi connectivity index (χ2v) is 17.3. The fourth-order valence-electron chi connectivity index (χ4n) is 8.67. The van der Waals surface area contributed by atoms with E-state index >= 15 is 0 Å². The van der Waals surface area contributed by atoms with E-state index in [2.05, 4.69) is 10.6 Å². The molecule has 0 radical (unpaired) electrons. The van der Waals surface area contributed by atoms with E-state index in [-0.39, 0.29) is 53.8 Å². The Morgan fingerprint density at radius 1 is 0.881 bits per heavy atom. The van der Waals surface area contributed by atoms with Gasteiger partial charge in [0.25, 0.3) is 0 Å². The smallest absolute Gasteiger partial charge is 0.245 e. The predicted octanol–water partition coefficient (Wildman–Crippen LogP) is 5.02. The highest BCUT2D eigenvalue weighted by molar-refractivity contribution is 5.90. The van der Waals surface area contributed by atoms with Crippen LogP contribution in [0.3, 0.4) is 0 Å². The van der Waals surface area contributed by atoms with Gasteiger partial charge in [0, 0.05) is 40.0 Å². The van der Waals surface area contributed by atoms with E-state index in [1.165, 1.54) is 0 Å². The molecule has 1 aliphatic rings. The third kappa shape index (κ3) is 13.0. The molecule has 1 aliphatic heterocycles. The molecule has 13 heteroatoms. The minimum absolute atomic E-state index is 0.0149. The number of nitrogens with zero attached hydrogens (tertiary/aromatic N) is 3. The number of benzene rings is 2. The molecule has 10 atom stereocenters. The van der Waals surface area contributed by atoms with Gasteiger partial charge in [-0.05, 0) is 67.8 Å². The van der Waals surface area contributed by atoms with Crippen LogP contribution < -0.4 is 16.4 Å². The number of hydrogen-bond acceptors (Lipinski definition) is 9. The molecule has 9 unspecified atom stereocenters. The first kappa shape index (κ1) is 49.3. The maximum absolute atomic E-state index is 14.5. The summed E-state index contributed by atoms with van der Waals surface area (Å²) in [7, 11) is 6.76. The molecule has 5 N–H and O–H groups in total. The van der Waals surface area contributed by atoms with Gasteiger partial charge in [-0.2, -0.15) is 0 Å². The van der Waals surface area contributed by atoms with Gasteiger partial charge in [-0.25, -0.2) is 0 Å². The van der Waals surface area contributed by atoms with Gasteiger partial charge in [-0.15, -0.1) is 0 Å². The number of nitrogens with two attached hydrogens (primary N) is 1. The normalized spacial score (nSPS) is 19.1. The number of nitrogens with one attached hydrogen (secondary N) is 2. The van der Waals surface area contributed by atoms with Gasteiger partial charge in [0.2, 0.25) is 23.6 Å². The zero-order valence-electron chi connectivity index (χ0n) is 37.7. The third-order valence-corrected chi connectivity index (χ3v) is 12.3. The Balaban J connectivity index is 1.77. The van der Waals surface area contributed by atoms with E-state index in [0.29, 0.717) is 30.8 Å². The van der Waals surface area contributed by atoms with Gasteiger partial charge in [0.05, 0.1) is 54.8 Å². The lowest BCUT2D eigenvalue weighted by Crippen LogP contribution is -2.60. The molecule has 0 saturated carbocycles. The first-order valence-electron chi connectivity index (χ1n) is 21.4. The Labute approximate surface area is 353 Å². The molecule has 0 spiro atoms. The number of nitrogen functional groups attached to an aromatic ring is 1. The lowest BCUT2D eigenvalue weighted by molar-refractivity contribution is -0.148. The molecular weight excluding hydrogens is 749 g/mol. The van der Waals surface area contributed by atoms with Crippen LogP contribution in [0.15, 0.2) is 54.6 Å². The van der Waals surface area contributed by atoms with Crippen molar-refractivity contribution in [3.63, 3.8) is 0 Å². The lowest BCUT2D eigenvalue weighted by atomic mass is 9.89. The summed E-state index contributed by atoms with van der Waals surface area (Å²) >= 11 is 0. The molecular formula is C46H74N6O7. The fourth-order valence-corrected chi connectivity index (χ4v) is 8.67. The number of aliphatic hydroxyl groups excluding tert-OH is 1. The van der Waals surface area contributed by atoms with Gasteiger partial charge < -0.3 is 40.7 Å². The largest absolute Gasteiger partial charge is 0.399 e. The Morgan fingerprint density at radius 2 is 1.51 bits per heavy atom. The zero-order valence-corrected chi connectivity index (χ0v) is 37.7. The Hall–Kier alpha value is -4.04. The van der Waals surface area contributed by atoms with Crippen LogP contribution in [0.1, 0.15) is 98.3 Å². The monoisotopic (exact) mass is 823 g/mol. The van der Waals surface area contributed by atoms with Gasteiger partial charge in [0.15, 0.2) is 0 Å². The molecule has 1 fully saturated rings. The summed E-state index contributed by atoms with van der Waals surface area (Å²) in [6.07, 6.45) is 0.0344. The predicted molar refractivity (Wildman–Crippen MR) is 233 cm³/mol. The summed E-state index contributed by atoms with van der Waals surface area (Å²) in [4.78, 5) is 61.8. The van der Waals surface area contributed by atoms with Crippen molar-refractivity contribution in [1.29, 1.82) is 0 Å². The number of likely N-dealkylation sites (N-methyl/N-ethyl adjacent to an activating group) is 2. The lowest BCUT2D eigenvalue weighted by Gasteiger charge is -2.41. The van der Waals surface area contributed by atoms with Crippen LogP contribution >= 0.6 is 0 Å². The summed E-state index contributed by atoms with van der Waals surface area (Å²) in [5.41, 5.74) is 8.29.